The molecule has 1 aliphatic heterocycles. The Balaban J connectivity index is 1.25. The molecule has 1 saturated heterocycles. The minimum Gasteiger partial charge on any atom is -0.440 e. The number of amides is 1. The first kappa shape index (κ1) is 16.1. The highest BCUT2D eigenvalue weighted by Gasteiger charge is 2.27. The molecule has 6 heteroatoms. The SMILES string of the molecule is O=C(Cc1noc2ccccc12)N1CCC(c2nc3ccccc3o2)CC1. The summed E-state index contributed by atoms with van der Waals surface area (Å²) in [6, 6.07) is 15.4. The number of hydrogen-bond donors (Lipinski definition) is 0. The molecule has 0 saturated carbocycles. The lowest BCUT2D eigenvalue weighted by Crippen LogP contribution is -2.38. The molecule has 1 aliphatic rings. The zero-order valence-corrected chi connectivity index (χ0v) is 14.8. The summed E-state index contributed by atoms with van der Waals surface area (Å²) in [4.78, 5) is 19.2. The third kappa shape index (κ3) is 2.97. The number of oxazole rings is 1. The maximum atomic E-state index is 12.7. The smallest absolute Gasteiger partial charge is 0.228 e. The van der Waals surface area contributed by atoms with Crippen molar-refractivity contribution in [1.29, 1.82) is 0 Å². The van der Waals surface area contributed by atoms with E-state index in [-0.39, 0.29) is 18.2 Å². The van der Waals surface area contributed by atoms with Crippen molar-refractivity contribution in [2.75, 3.05) is 13.1 Å². The Morgan fingerprint density at radius 1 is 1.04 bits per heavy atom. The zero-order chi connectivity index (χ0) is 18.2. The van der Waals surface area contributed by atoms with E-state index in [4.69, 9.17) is 8.94 Å². The van der Waals surface area contributed by atoms with Gasteiger partial charge >= 0.3 is 0 Å². The van der Waals surface area contributed by atoms with E-state index < -0.39 is 0 Å². The molecule has 0 N–H and O–H groups in total. The lowest BCUT2D eigenvalue weighted by Gasteiger charge is -2.30. The van der Waals surface area contributed by atoms with Crippen molar-refractivity contribution in [3.63, 3.8) is 0 Å². The number of nitrogens with zero attached hydrogens (tertiary/aromatic N) is 3. The zero-order valence-electron chi connectivity index (χ0n) is 14.8. The number of para-hydroxylation sites is 3. The first-order valence-electron chi connectivity index (χ1n) is 9.24. The average molecular weight is 361 g/mol. The second-order valence-corrected chi connectivity index (χ2v) is 6.98. The van der Waals surface area contributed by atoms with Crippen molar-refractivity contribution in [1.82, 2.24) is 15.0 Å². The average Bonchev–Trinajstić information content (AvgIpc) is 3.32. The Morgan fingerprint density at radius 2 is 1.78 bits per heavy atom. The van der Waals surface area contributed by atoms with Crippen LogP contribution >= 0.6 is 0 Å². The molecule has 1 amide bonds. The monoisotopic (exact) mass is 361 g/mol. The van der Waals surface area contributed by atoms with Crippen LogP contribution in [0, 0.1) is 0 Å². The molecule has 5 rings (SSSR count). The van der Waals surface area contributed by atoms with Crippen LogP contribution in [-0.2, 0) is 11.2 Å². The molecule has 2 aromatic heterocycles. The molecule has 136 valence electrons. The number of fused-ring (bicyclic) bond motifs is 2. The van der Waals surface area contributed by atoms with E-state index in [9.17, 15) is 4.79 Å². The van der Waals surface area contributed by atoms with Crippen LogP contribution in [0.4, 0.5) is 0 Å². The van der Waals surface area contributed by atoms with Gasteiger partial charge in [-0.2, -0.15) is 0 Å². The van der Waals surface area contributed by atoms with Gasteiger partial charge in [0.05, 0.1) is 6.42 Å². The molecule has 0 unspecified atom stereocenters. The van der Waals surface area contributed by atoms with Gasteiger partial charge in [0.2, 0.25) is 5.91 Å². The molecule has 2 aromatic carbocycles. The maximum Gasteiger partial charge on any atom is 0.228 e. The molecule has 0 atom stereocenters. The van der Waals surface area contributed by atoms with Crippen molar-refractivity contribution in [3.8, 4) is 0 Å². The largest absolute Gasteiger partial charge is 0.440 e. The number of likely N-dealkylation sites (tertiary alicyclic amines) is 1. The normalized spacial score (nSPS) is 15.6. The van der Waals surface area contributed by atoms with Crippen LogP contribution in [0.3, 0.4) is 0 Å². The summed E-state index contributed by atoms with van der Waals surface area (Å²) >= 11 is 0. The summed E-state index contributed by atoms with van der Waals surface area (Å²) in [6.07, 6.45) is 1.99. The number of rotatable bonds is 3. The summed E-state index contributed by atoms with van der Waals surface area (Å²) in [5.41, 5.74) is 3.14. The van der Waals surface area contributed by atoms with Crippen LogP contribution in [0.5, 0.6) is 0 Å². The molecule has 27 heavy (non-hydrogen) atoms. The molecular formula is C21H19N3O3. The highest BCUT2D eigenvalue weighted by molar-refractivity contribution is 5.86. The molecule has 4 aromatic rings. The van der Waals surface area contributed by atoms with Crippen LogP contribution in [0.15, 0.2) is 57.5 Å². The van der Waals surface area contributed by atoms with Gasteiger partial charge in [-0.3, -0.25) is 4.79 Å². The van der Waals surface area contributed by atoms with Crippen LogP contribution in [0.2, 0.25) is 0 Å². The number of benzene rings is 2. The Morgan fingerprint density at radius 3 is 2.59 bits per heavy atom. The molecular weight excluding hydrogens is 342 g/mol. The number of hydrogen-bond acceptors (Lipinski definition) is 5. The summed E-state index contributed by atoms with van der Waals surface area (Å²) in [5, 5.41) is 4.98. The van der Waals surface area contributed by atoms with Crippen molar-refractivity contribution in [2.45, 2.75) is 25.2 Å². The molecule has 0 spiro atoms. The van der Waals surface area contributed by atoms with Crippen molar-refractivity contribution in [2.24, 2.45) is 0 Å². The molecule has 3 heterocycles. The van der Waals surface area contributed by atoms with Crippen molar-refractivity contribution < 1.29 is 13.7 Å². The first-order chi connectivity index (χ1) is 13.3. The third-order valence-electron chi connectivity index (χ3n) is 5.28. The topological polar surface area (TPSA) is 72.4 Å². The van der Waals surface area contributed by atoms with Gasteiger partial charge in [-0.25, -0.2) is 4.98 Å². The van der Waals surface area contributed by atoms with Gasteiger partial charge < -0.3 is 13.8 Å². The Labute approximate surface area is 155 Å². The lowest BCUT2D eigenvalue weighted by atomic mass is 9.96. The predicted octanol–water partition coefficient (Wildman–Crippen LogP) is 3.92. The Bertz CT molecular complexity index is 1070. The van der Waals surface area contributed by atoms with Gasteiger partial charge in [-0.05, 0) is 37.1 Å². The first-order valence-corrected chi connectivity index (χ1v) is 9.24. The number of aromatic nitrogens is 2. The van der Waals surface area contributed by atoms with Crippen LogP contribution in [0.25, 0.3) is 22.1 Å². The van der Waals surface area contributed by atoms with E-state index >= 15 is 0 Å². The van der Waals surface area contributed by atoms with Gasteiger partial charge in [0.1, 0.15) is 11.2 Å². The summed E-state index contributed by atoms with van der Waals surface area (Å²) in [6.45, 7) is 1.41. The van der Waals surface area contributed by atoms with Gasteiger partial charge in [0.25, 0.3) is 0 Å². The third-order valence-corrected chi connectivity index (χ3v) is 5.28. The number of carbonyl (C=O) groups excluding carboxylic acids is 1. The van der Waals surface area contributed by atoms with Gasteiger partial charge in [-0.15, -0.1) is 0 Å². The Hall–Kier alpha value is -3.15. The number of carbonyl (C=O) groups is 1. The van der Waals surface area contributed by atoms with Gasteiger partial charge in [-0.1, -0.05) is 29.4 Å². The standard InChI is InChI=1S/C21H19N3O3/c25-20(13-17-15-5-1-3-7-18(15)27-23-17)24-11-9-14(10-12-24)21-22-16-6-2-4-8-19(16)26-21/h1-8,14H,9-13H2. The second kappa shape index (κ2) is 6.54. The van der Waals surface area contributed by atoms with Crippen LogP contribution < -0.4 is 0 Å². The summed E-state index contributed by atoms with van der Waals surface area (Å²) in [7, 11) is 0. The quantitative estimate of drug-likeness (QED) is 0.553. The Kier molecular flexibility index (Phi) is 3.89. The fourth-order valence-electron chi connectivity index (χ4n) is 3.76. The minimum atomic E-state index is 0.0880. The fourth-order valence-corrected chi connectivity index (χ4v) is 3.76. The van der Waals surface area contributed by atoms with E-state index in [1.54, 1.807) is 0 Å². The van der Waals surface area contributed by atoms with E-state index in [0.717, 1.165) is 40.8 Å². The van der Waals surface area contributed by atoms with Crippen molar-refractivity contribution in [3.05, 3.63) is 60.1 Å². The lowest BCUT2D eigenvalue weighted by molar-refractivity contribution is -0.131. The van der Waals surface area contributed by atoms with Crippen LogP contribution in [0.1, 0.15) is 30.3 Å². The molecule has 0 bridgehead atoms. The molecule has 0 aliphatic carbocycles. The van der Waals surface area contributed by atoms with E-state index in [2.05, 4.69) is 10.1 Å². The number of piperidine rings is 1. The molecule has 0 radical (unpaired) electrons. The second-order valence-electron chi connectivity index (χ2n) is 6.98. The molecule has 6 nitrogen and oxygen atoms in total. The minimum absolute atomic E-state index is 0.0880. The predicted molar refractivity (Wildman–Crippen MR) is 100 cm³/mol. The molecule has 1 fully saturated rings. The van der Waals surface area contributed by atoms with Gasteiger partial charge in [0.15, 0.2) is 17.1 Å². The van der Waals surface area contributed by atoms with E-state index in [1.165, 1.54) is 0 Å². The fraction of sp³-hybridized carbons (Fsp3) is 0.286. The summed E-state index contributed by atoms with van der Waals surface area (Å²) in [5.74, 6) is 1.13. The highest BCUT2D eigenvalue weighted by atomic mass is 16.5. The van der Waals surface area contributed by atoms with Gasteiger partial charge in [0, 0.05) is 24.4 Å². The van der Waals surface area contributed by atoms with E-state index in [1.807, 2.05) is 53.4 Å². The highest BCUT2D eigenvalue weighted by Crippen LogP contribution is 2.30. The van der Waals surface area contributed by atoms with E-state index in [0.29, 0.717) is 18.8 Å². The summed E-state index contributed by atoms with van der Waals surface area (Å²) < 4.78 is 11.2. The maximum absolute atomic E-state index is 12.7. The van der Waals surface area contributed by atoms with Crippen LogP contribution in [-0.4, -0.2) is 34.0 Å². The van der Waals surface area contributed by atoms with Crippen molar-refractivity contribution >= 4 is 28.0 Å².